The van der Waals surface area contributed by atoms with E-state index in [0.717, 1.165) is 17.4 Å². The second kappa shape index (κ2) is 5.13. The van der Waals surface area contributed by atoms with Crippen LogP contribution in [0.1, 0.15) is 19.8 Å². The van der Waals surface area contributed by atoms with Gasteiger partial charge in [0.05, 0.1) is 8.07 Å². The molecule has 4 unspecified atom stereocenters. The molecule has 2 aliphatic carbocycles. The molecule has 1 heteroatoms. The molecule has 4 atom stereocenters. The molecule has 0 heterocycles. The van der Waals surface area contributed by atoms with E-state index in [0.29, 0.717) is 0 Å². The Hall–Kier alpha value is -1.08. The van der Waals surface area contributed by atoms with E-state index < -0.39 is 8.07 Å². The molecule has 1 fully saturated rings. The van der Waals surface area contributed by atoms with Crippen molar-refractivity contribution in [2.75, 3.05) is 0 Å². The molecule has 1 aromatic rings. The van der Waals surface area contributed by atoms with Crippen LogP contribution in [0.25, 0.3) is 0 Å². The second-order valence-corrected chi connectivity index (χ2v) is 11.2. The molecule has 0 nitrogen and oxygen atoms in total. The Morgan fingerprint density at radius 1 is 1.05 bits per heavy atom. The van der Waals surface area contributed by atoms with Gasteiger partial charge in [-0.1, -0.05) is 85.8 Å². The van der Waals surface area contributed by atoms with Crippen molar-refractivity contribution in [1.82, 2.24) is 0 Å². The zero-order chi connectivity index (χ0) is 13.3. The summed E-state index contributed by atoms with van der Waals surface area (Å²) in [6, 6.07) is 12.7. The van der Waals surface area contributed by atoms with E-state index in [-0.39, 0.29) is 0 Å². The van der Waals surface area contributed by atoms with Gasteiger partial charge < -0.3 is 0 Å². The highest BCUT2D eigenvalue weighted by molar-refractivity contribution is 6.92. The van der Waals surface area contributed by atoms with Gasteiger partial charge in [0.2, 0.25) is 0 Å². The first-order valence-corrected chi connectivity index (χ1v) is 10.4. The average molecular weight is 268 g/mol. The van der Waals surface area contributed by atoms with Crippen LogP contribution < -0.4 is 5.19 Å². The van der Waals surface area contributed by atoms with E-state index in [4.69, 9.17) is 0 Å². The van der Waals surface area contributed by atoms with E-state index in [1.165, 1.54) is 18.9 Å². The van der Waals surface area contributed by atoms with Crippen molar-refractivity contribution in [2.24, 2.45) is 11.8 Å². The van der Waals surface area contributed by atoms with Crippen molar-refractivity contribution in [3.63, 3.8) is 0 Å². The Kier molecular flexibility index (Phi) is 3.49. The van der Waals surface area contributed by atoms with Gasteiger partial charge in [0.1, 0.15) is 0 Å². The summed E-state index contributed by atoms with van der Waals surface area (Å²) in [6.45, 7) is 5.02. The summed E-state index contributed by atoms with van der Waals surface area (Å²) in [5, 5.41) is 1.66. The van der Waals surface area contributed by atoms with Crippen molar-refractivity contribution in [3.05, 3.63) is 54.6 Å². The first-order valence-electron chi connectivity index (χ1n) is 7.66. The van der Waals surface area contributed by atoms with Gasteiger partial charge >= 0.3 is 0 Å². The highest BCUT2D eigenvalue weighted by Gasteiger charge is 2.46. The Balaban J connectivity index is 1.95. The van der Waals surface area contributed by atoms with Crippen LogP contribution in [0.3, 0.4) is 0 Å². The fourth-order valence-electron chi connectivity index (χ4n) is 4.20. The van der Waals surface area contributed by atoms with E-state index in [1.807, 2.05) is 0 Å². The number of benzene rings is 1. The molecular formula is C18H24Si. The lowest BCUT2D eigenvalue weighted by atomic mass is 9.92. The highest BCUT2D eigenvalue weighted by atomic mass is 28.3. The average Bonchev–Trinajstić information content (AvgIpc) is 2.92. The molecule has 2 aliphatic rings. The fourth-order valence-corrected chi connectivity index (χ4v) is 8.52. The number of hydrogen-bond acceptors (Lipinski definition) is 0. The minimum atomic E-state index is -1.36. The smallest absolute Gasteiger partial charge is 0.0808 e. The zero-order valence-electron chi connectivity index (χ0n) is 12.0. The first kappa shape index (κ1) is 12.9. The molecule has 0 radical (unpaired) electrons. The molecule has 0 aliphatic heterocycles. The minimum absolute atomic E-state index is 0.807. The monoisotopic (exact) mass is 268 g/mol. The Labute approximate surface area is 118 Å². The maximum Gasteiger partial charge on any atom is 0.0870 e. The highest BCUT2D eigenvalue weighted by Crippen LogP contribution is 2.50. The molecule has 0 spiro atoms. The Morgan fingerprint density at radius 3 is 2.53 bits per heavy atom. The molecule has 3 rings (SSSR count). The first-order chi connectivity index (χ1) is 9.25. The van der Waals surface area contributed by atoms with E-state index in [9.17, 15) is 0 Å². The molecule has 1 saturated carbocycles. The number of hydrogen-bond donors (Lipinski definition) is 0. The maximum atomic E-state index is 2.61. The van der Waals surface area contributed by atoms with Gasteiger partial charge in [-0.25, -0.2) is 0 Å². The van der Waals surface area contributed by atoms with Gasteiger partial charge in [-0.15, -0.1) is 0 Å². The quantitative estimate of drug-likeness (QED) is 0.707. The van der Waals surface area contributed by atoms with Gasteiger partial charge in [0.15, 0.2) is 0 Å². The minimum Gasteiger partial charge on any atom is -0.0808 e. The third-order valence-corrected chi connectivity index (χ3v) is 11.0. The van der Waals surface area contributed by atoms with Crippen LogP contribution in [0, 0.1) is 11.8 Å². The second-order valence-electron chi connectivity index (χ2n) is 6.33. The number of allylic oxidation sites excluding steroid dienone is 4. The largest absolute Gasteiger partial charge is 0.0870 e. The van der Waals surface area contributed by atoms with Gasteiger partial charge in [0.25, 0.3) is 0 Å². The van der Waals surface area contributed by atoms with E-state index in [1.54, 1.807) is 5.19 Å². The van der Waals surface area contributed by atoms with Crippen molar-refractivity contribution in [2.45, 2.75) is 37.9 Å². The van der Waals surface area contributed by atoms with E-state index in [2.05, 4.69) is 68.1 Å². The number of rotatable bonds is 3. The fraction of sp³-hybridized carbons (Fsp3) is 0.444. The van der Waals surface area contributed by atoms with Crippen molar-refractivity contribution in [1.29, 1.82) is 0 Å². The van der Waals surface area contributed by atoms with Gasteiger partial charge in [-0.2, -0.15) is 0 Å². The third-order valence-electron chi connectivity index (χ3n) is 5.56. The SMILES string of the molecule is CC[Si](C)(c1ccccc1)C1CCC2C=CC=CC21. The summed E-state index contributed by atoms with van der Waals surface area (Å²) < 4.78 is 0. The van der Waals surface area contributed by atoms with Crippen LogP contribution in [-0.2, 0) is 0 Å². The summed E-state index contributed by atoms with van der Waals surface area (Å²) in [6.07, 6.45) is 12.3. The summed E-state index contributed by atoms with van der Waals surface area (Å²) in [4.78, 5) is 0. The Morgan fingerprint density at radius 2 is 1.79 bits per heavy atom. The molecule has 19 heavy (non-hydrogen) atoms. The van der Waals surface area contributed by atoms with Gasteiger partial charge in [-0.3, -0.25) is 0 Å². The van der Waals surface area contributed by atoms with Gasteiger partial charge in [-0.05, 0) is 23.8 Å². The summed E-state index contributed by atoms with van der Waals surface area (Å²) in [5.74, 6) is 1.62. The van der Waals surface area contributed by atoms with Crippen molar-refractivity contribution in [3.8, 4) is 0 Å². The predicted octanol–water partition coefficient (Wildman–Crippen LogP) is 4.51. The normalized spacial score (nSPS) is 32.0. The summed E-state index contributed by atoms with van der Waals surface area (Å²) >= 11 is 0. The lowest BCUT2D eigenvalue weighted by Crippen LogP contribution is -2.49. The number of fused-ring (bicyclic) bond motifs is 1. The van der Waals surface area contributed by atoms with Crippen LogP contribution in [0.15, 0.2) is 54.6 Å². The maximum absolute atomic E-state index is 2.61. The molecule has 0 amide bonds. The Bertz CT molecular complexity index is 488. The standard InChI is InChI=1S/C18H24Si/c1-3-19(2,16-10-5-4-6-11-16)18-14-13-15-9-7-8-12-17(15)18/h4-12,15,17-18H,3,13-14H2,1-2H3. The molecule has 0 N–H and O–H groups in total. The third kappa shape index (κ3) is 2.14. The topological polar surface area (TPSA) is 0 Å². The molecule has 1 aromatic carbocycles. The van der Waals surface area contributed by atoms with Crippen LogP contribution in [0.4, 0.5) is 0 Å². The molecule has 0 saturated heterocycles. The van der Waals surface area contributed by atoms with Crippen LogP contribution in [-0.4, -0.2) is 8.07 Å². The molecular weight excluding hydrogens is 244 g/mol. The van der Waals surface area contributed by atoms with Crippen LogP contribution in [0.5, 0.6) is 0 Å². The lowest BCUT2D eigenvalue weighted by molar-refractivity contribution is 0.545. The molecule has 0 aromatic heterocycles. The summed E-state index contributed by atoms with van der Waals surface area (Å²) in [7, 11) is -1.36. The zero-order valence-corrected chi connectivity index (χ0v) is 13.0. The van der Waals surface area contributed by atoms with Crippen molar-refractivity contribution >= 4 is 13.3 Å². The van der Waals surface area contributed by atoms with E-state index >= 15 is 0 Å². The van der Waals surface area contributed by atoms with Crippen LogP contribution >= 0.6 is 0 Å². The van der Waals surface area contributed by atoms with Crippen LogP contribution in [0.2, 0.25) is 18.1 Å². The molecule has 100 valence electrons. The van der Waals surface area contributed by atoms with Gasteiger partial charge in [0, 0.05) is 0 Å². The lowest BCUT2D eigenvalue weighted by Gasteiger charge is -2.37. The predicted molar refractivity (Wildman–Crippen MR) is 86.4 cm³/mol. The van der Waals surface area contributed by atoms with Crippen molar-refractivity contribution < 1.29 is 0 Å². The molecule has 0 bridgehead atoms. The summed E-state index contributed by atoms with van der Waals surface area (Å²) in [5.41, 5.74) is 0.922.